The van der Waals surface area contributed by atoms with Gasteiger partial charge in [0.15, 0.2) is 5.16 Å². The average Bonchev–Trinajstić information content (AvgIpc) is 3.28. The first-order chi connectivity index (χ1) is 15.7. The number of amides is 1. The molecule has 0 spiro atoms. The van der Waals surface area contributed by atoms with E-state index in [2.05, 4.69) is 33.1 Å². The van der Waals surface area contributed by atoms with E-state index in [0.29, 0.717) is 5.56 Å². The lowest BCUT2D eigenvalue weighted by atomic mass is 9.86. The SMILES string of the molecule is CCn1c(CCC2CCCCC2)nnc1SCC(=O)Nc1sc2c(c1C#N)CCCCC2. The molecule has 2 aromatic rings. The second-order valence-corrected chi connectivity index (χ2v) is 11.0. The van der Waals surface area contributed by atoms with Gasteiger partial charge in [0.05, 0.1) is 11.3 Å². The zero-order valence-corrected chi connectivity index (χ0v) is 20.6. The molecule has 1 fully saturated rings. The number of aromatic nitrogens is 3. The summed E-state index contributed by atoms with van der Waals surface area (Å²) in [4.78, 5) is 14.0. The summed E-state index contributed by atoms with van der Waals surface area (Å²) in [5.74, 6) is 2.05. The molecular weight excluding hydrogens is 438 g/mol. The van der Waals surface area contributed by atoms with E-state index in [4.69, 9.17) is 0 Å². The van der Waals surface area contributed by atoms with Crippen molar-refractivity contribution in [2.45, 2.75) is 95.7 Å². The molecule has 8 heteroatoms. The first-order valence-corrected chi connectivity index (χ1v) is 13.9. The number of carbonyl (C=O) groups excluding carboxylic acids is 1. The Kier molecular flexibility index (Phi) is 8.26. The number of aryl methyl sites for hydroxylation is 2. The number of thiophene rings is 1. The summed E-state index contributed by atoms with van der Waals surface area (Å²) < 4.78 is 2.15. The van der Waals surface area contributed by atoms with Gasteiger partial charge in [0.25, 0.3) is 0 Å². The Labute approximate surface area is 199 Å². The van der Waals surface area contributed by atoms with Crippen LogP contribution in [0, 0.1) is 17.2 Å². The maximum atomic E-state index is 12.7. The number of nitrogens with zero attached hydrogens (tertiary/aromatic N) is 4. The highest BCUT2D eigenvalue weighted by atomic mass is 32.2. The predicted molar refractivity (Wildman–Crippen MR) is 130 cm³/mol. The smallest absolute Gasteiger partial charge is 0.235 e. The van der Waals surface area contributed by atoms with Gasteiger partial charge in [-0.3, -0.25) is 4.79 Å². The Morgan fingerprint density at radius 3 is 2.75 bits per heavy atom. The number of fused-ring (bicyclic) bond motifs is 1. The largest absolute Gasteiger partial charge is 0.316 e. The third-order valence-corrected chi connectivity index (χ3v) is 8.90. The monoisotopic (exact) mass is 471 g/mol. The summed E-state index contributed by atoms with van der Waals surface area (Å²) in [5.41, 5.74) is 1.83. The fourth-order valence-electron chi connectivity index (χ4n) is 4.98. The molecule has 2 aliphatic carbocycles. The van der Waals surface area contributed by atoms with Gasteiger partial charge in [-0.2, -0.15) is 5.26 Å². The van der Waals surface area contributed by atoms with Crippen molar-refractivity contribution in [2.24, 2.45) is 5.92 Å². The molecular formula is C24H33N5OS2. The predicted octanol–water partition coefficient (Wildman–Crippen LogP) is 5.74. The standard InChI is InChI=1S/C24H33N5OS2/c1-2-29-21(14-13-17-9-5-3-6-10-17)27-28-24(29)31-16-22(30)26-23-19(15-25)18-11-7-4-8-12-20(18)32-23/h17H,2-14,16H2,1H3,(H,26,30). The molecule has 0 saturated heterocycles. The number of carbonyl (C=O) groups is 1. The molecule has 32 heavy (non-hydrogen) atoms. The minimum absolute atomic E-state index is 0.0858. The van der Waals surface area contributed by atoms with E-state index in [0.717, 1.165) is 66.1 Å². The van der Waals surface area contributed by atoms with Crippen molar-refractivity contribution < 1.29 is 4.79 Å². The van der Waals surface area contributed by atoms with Crippen LogP contribution in [-0.2, 0) is 30.6 Å². The molecule has 0 atom stereocenters. The van der Waals surface area contributed by atoms with Crippen molar-refractivity contribution in [2.75, 3.05) is 11.1 Å². The van der Waals surface area contributed by atoms with Crippen LogP contribution in [0.4, 0.5) is 5.00 Å². The van der Waals surface area contributed by atoms with Crippen LogP contribution in [0.1, 0.15) is 86.5 Å². The molecule has 0 radical (unpaired) electrons. The summed E-state index contributed by atoms with van der Waals surface area (Å²) in [6, 6.07) is 2.34. The molecule has 1 N–H and O–H groups in total. The van der Waals surface area contributed by atoms with Crippen molar-refractivity contribution >= 4 is 34.0 Å². The molecule has 2 aromatic heterocycles. The van der Waals surface area contributed by atoms with Gasteiger partial charge < -0.3 is 9.88 Å². The fourth-order valence-corrected chi connectivity index (χ4v) is 7.06. The van der Waals surface area contributed by atoms with E-state index in [1.54, 1.807) is 11.3 Å². The molecule has 0 unspecified atom stereocenters. The van der Waals surface area contributed by atoms with Crippen molar-refractivity contribution in [3.63, 3.8) is 0 Å². The van der Waals surface area contributed by atoms with Crippen LogP contribution in [0.5, 0.6) is 0 Å². The summed E-state index contributed by atoms with van der Waals surface area (Å²) >= 11 is 3.02. The topological polar surface area (TPSA) is 83.6 Å². The van der Waals surface area contributed by atoms with Crippen molar-refractivity contribution in [1.82, 2.24) is 14.8 Å². The number of rotatable bonds is 8. The third kappa shape index (κ3) is 5.55. The molecule has 0 bridgehead atoms. The van der Waals surface area contributed by atoms with Gasteiger partial charge in [0.2, 0.25) is 5.91 Å². The van der Waals surface area contributed by atoms with Crippen LogP contribution in [0.25, 0.3) is 0 Å². The number of hydrogen-bond donors (Lipinski definition) is 1. The summed E-state index contributed by atoms with van der Waals surface area (Å²) in [6.07, 6.45) is 14.4. The van der Waals surface area contributed by atoms with Crippen LogP contribution in [-0.4, -0.2) is 26.4 Å². The third-order valence-electron chi connectivity index (χ3n) is 6.73. The van der Waals surface area contributed by atoms with Crippen LogP contribution in [0.3, 0.4) is 0 Å². The molecule has 4 rings (SSSR count). The lowest BCUT2D eigenvalue weighted by molar-refractivity contribution is -0.113. The Morgan fingerprint density at radius 2 is 1.97 bits per heavy atom. The minimum Gasteiger partial charge on any atom is -0.316 e. The van der Waals surface area contributed by atoms with Crippen molar-refractivity contribution in [1.29, 1.82) is 5.26 Å². The molecule has 2 aliphatic rings. The lowest BCUT2D eigenvalue weighted by Crippen LogP contribution is -2.15. The van der Waals surface area contributed by atoms with Gasteiger partial charge >= 0.3 is 0 Å². The quantitative estimate of drug-likeness (QED) is 0.392. The molecule has 172 valence electrons. The zero-order chi connectivity index (χ0) is 22.3. The molecule has 1 saturated carbocycles. The normalized spacial score (nSPS) is 16.9. The Morgan fingerprint density at radius 1 is 1.19 bits per heavy atom. The van der Waals surface area contributed by atoms with Crippen molar-refractivity contribution in [3.05, 3.63) is 21.8 Å². The number of hydrogen-bond acceptors (Lipinski definition) is 6. The van der Waals surface area contributed by atoms with Gasteiger partial charge in [0.1, 0.15) is 16.9 Å². The van der Waals surface area contributed by atoms with Crippen molar-refractivity contribution in [3.8, 4) is 6.07 Å². The van der Waals surface area contributed by atoms with Gasteiger partial charge in [-0.25, -0.2) is 0 Å². The number of nitriles is 1. The molecule has 2 heterocycles. The Balaban J connectivity index is 1.34. The molecule has 6 nitrogen and oxygen atoms in total. The van der Waals surface area contributed by atoms with E-state index in [1.807, 2.05) is 0 Å². The summed E-state index contributed by atoms with van der Waals surface area (Å²) in [5, 5.41) is 23.0. The first-order valence-electron chi connectivity index (χ1n) is 12.1. The van der Waals surface area contributed by atoms with E-state index < -0.39 is 0 Å². The van der Waals surface area contributed by atoms with Gasteiger partial charge in [-0.15, -0.1) is 21.5 Å². The summed E-state index contributed by atoms with van der Waals surface area (Å²) in [6.45, 7) is 2.92. The van der Waals surface area contributed by atoms with E-state index in [9.17, 15) is 10.1 Å². The zero-order valence-electron chi connectivity index (χ0n) is 19.0. The highest BCUT2D eigenvalue weighted by Gasteiger charge is 2.22. The second-order valence-electron chi connectivity index (χ2n) is 8.90. The van der Waals surface area contributed by atoms with Crippen LogP contribution in [0.2, 0.25) is 0 Å². The van der Waals surface area contributed by atoms with E-state index in [-0.39, 0.29) is 11.7 Å². The first kappa shape index (κ1) is 23.3. The van der Waals surface area contributed by atoms with Gasteiger partial charge in [-0.05, 0) is 50.5 Å². The van der Waals surface area contributed by atoms with E-state index in [1.165, 1.54) is 61.6 Å². The minimum atomic E-state index is -0.0858. The number of thioether (sulfide) groups is 1. The highest BCUT2D eigenvalue weighted by Crippen LogP contribution is 2.37. The van der Waals surface area contributed by atoms with Crippen LogP contribution >= 0.6 is 23.1 Å². The lowest BCUT2D eigenvalue weighted by Gasteiger charge is -2.21. The molecule has 0 aromatic carbocycles. The summed E-state index contributed by atoms with van der Waals surface area (Å²) in [7, 11) is 0. The fraction of sp³-hybridized carbons (Fsp3) is 0.667. The number of anilines is 1. The highest BCUT2D eigenvalue weighted by molar-refractivity contribution is 7.99. The maximum absolute atomic E-state index is 12.7. The Hall–Kier alpha value is -1.85. The average molecular weight is 472 g/mol. The van der Waals surface area contributed by atoms with E-state index >= 15 is 0 Å². The number of nitrogens with one attached hydrogen (secondary N) is 1. The molecule has 0 aliphatic heterocycles. The van der Waals surface area contributed by atoms with Gasteiger partial charge in [0, 0.05) is 17.8 Å². The molecule has 1 amide bonds. The van der Waals surface area contributed by atoms with Crippen LogP contribution in [0.15, 0.2) is 5.16 Å². The Bertz CT molecular complexity index is 968. The maximum Gasteiger partial charge on any atom is 0.235 e. The second kappa shape index (κ2) is 11.3. The van der Waals surface area contributed by atoms with Crippen LogP contribution < -0.4 is 5.32 Å². The van der Waals surface area contributed by atoms with Gasteiger partial charge in [-0.1, -0.05) is 50.3 Å².